The SMILES string of the molecule is CN(C)CCC(CC1Cc2ccccc2O1)NC(=O)c1ccccc1. The van der Waals surface area contributed by atoms with E-state index < -0.39 is 0 Å². The molecule has 2 aromatic carbocycles. The van der Waals surface area contributed by atoms with Gasteiger partial charge in [-0.2, -0.15) is 0 Å². The van der Waals surface area contributed by atoms with E-state index in [-0.39, 0.29) is 18.1 Å². The van der Waals surface area contributed by atoms with Crippen molar-refractivity contribution in [1.29, 1.82) is 0 Å². The summed E-state index contributed by atoms with van der Waals surface area (Å²) in [6, 6.07) is 17.7. The fourth-order valence-electron chi connectivity index (χ4n) is 3.22. The highest BCUT2D eigenvalue weighted by Crippen LogP contribution is 2.30. The number of para-hydroxylation sites is 1. The highest BCUT2D eigenvalue weighted by molar-refractivity contribution is 5.94. The van der Waals surface area contributed by atoms with E-state index in [0.717, 1.165) is 31.6 Å². The highest BCUT2D eigenvalue weighted by atomic mass is 16.5. The Morgan fingerprint density at radius 2 is 1.88 bits per heavy atom. The van der Waals surface area contributed by atoms with Crippen molar-refractivity contribution in [1.82, 2.24) is 10.2 Å². The van der Waals surface area contributed by atoms with Gasteiger partial charge in [-0.15, -0.1) is 0 Å². The van der Waals surface area contributed by atoms with E-state index in [1.165, 1.54) is 5.56 Å². The molecule has 2 atom stereocenters. The maximum Gasteiger partial charge on any atom is 0.251 e. The van der Waals surface area contributed by atoms with E-state index in [4.69, 9.17) is 4.74 Å². The minimum absolute atomic E-state index is 0.0140. The standard InChI is InChI=1S/C21H26N2O2/c1-23(2)13-12-18(22-21(24)16-8-4-3-5-9-16)15-19-14-17-10-6-7-11-20(17)25-19/h3-11,18-19H,12-15H2,1-2H3,(H,22,24). The number of ether oxygens (including phenoxy) is 1. The zero-order valence-electron chi connectivity index (χ0n) is 14.9. The van der Waals surface area contributed by atoms with Crippen LogP contribution in [0, 0.1) is 0 Å². The van der Waals surface area contributed by atoms with E-state index in [2.05, 4.69) is 30.4 Å². The highest BCUT2D eigenvalue weighted by Gasteiger charge is 2.26. The summed E-state index contributed by atoms with van der Waals surface area (Å²) in [5.41, 5.74) is 1.96. The smallest absolute Gasteiger partial charge is 0.251 e. The molecule has 1 heterocycles. The van der Waals surface area contributed by atoms with Crippen molar-refractivity contribution in [3.63, 3.8) is 0 Å². The first-order valence-corrected chi connectivity index (χ1v) is 8.87. The summed E-state index contributed by atoms with van der Waals surface area (Å²) in [4.78, 5) is 14.7. The Balaban J connectivity index is 1.62. The predicted molar refractivity (Wildman–Crippen MR) is 100 cm³/mol. The molecule has 0 saturated heterocycles. The Morgan fingerprint density at radius 3 is 2.60 bits per heavy atom. The second-order valence-corrected chi connectivity index (χ2v) is 6.92. The van der Waals surface area contributed by atoms with Crippen LogP contribution in [0.2, 0.25) is 0 Å². The molecule has 0 bridgehead atoms. The minimum Gasteiger partial charge on any atom is -0.490 e. The van der Waals surface area contributed by atoms with Crippen LogP contribution in [0.3, 0.4) is 0 Å². The fourth-order valence-corrected chi connectivity index (χ4v) is 3.22. The third-order valence-corrected chi connectivity index (χ3v) is 4.56. The lowest BCUT2D eigenvalue weighted by molar-refractivity contribution is 0.0917. The molecule has 0 saturated carbocycles. The van der Waals surface area contributed by atoms with Gasteiger partial charge in [-0.3, -0.25) is 4.79 Å². The van der Waals surface area contributed by atoms with Gasteiger partial charge < -0.3 is 15.0 Å². The first-order chi connectivity index (χ1) is 12.1. The number of nitrogens with zero attached hydrogens (tertiary/aromatic N) is 1. The molecule has 4 heteroatoms. The largest absolute Gasteiger partial charge is 0.490 e. The summed E-state index contributed by atoms with van der Waals surface area (Å²) in [7, 11) is 4.11. The van der Waals surface area contributed by atoms with Gasteiger partial charge in [0.15, 0.2) is 0 Å². The Hall–Kier alpha value is -2.33. The molecule has 4 nitrogen and oxygen atoms in total. The lowest BCUT2D eigenvalue weighted by Crippen LogP contribution is -2.40. The number of nitrogens with one attached hydrogen (secondary N) is 1. The van der Waals surface area contributed by atoms with Crippen molar-refractivity contribution < 1.29 is 9.53 Å². The third-order valence-electron chi connectivity index (χ3n) is 4.56. The van der Waals surface area contributed by atoms with Gasteiger partial charge in [0, 0.05) is 24.4 Å². The van der Waals surface area contributed by atoms with E-state index >= 15 is 0 Å². The Labute approximate surface area is 149 Å². The Kier molecular flexibility index (Phi) is 5.71. The molecule has 0 radical (unpaired) electrons. The molecule has 0 fully saturated rings. The summed E-state index contributed by atoms with van der Waals surface area (Å²) in [6.07, 6.45) is 2.76. The maximum atomic E-state index is 12.5. The molecule has 1 amide bonds. The summed E-state index contributed by atoms with van der Waals surface area (Å²) in [5, 5.41) is 3.20. The van der Waals surface area contributed by atoms with Crippen LogP contribution in [0.5, 0.6) is 5.75 Å². The molecule has 0 aromatic heterocycles. The number of hydrogen-bond donors (Lipinski definition) is 1. The van der Waals surface area contributed by atoms with Crippen molar-refractivity contribution in [2.24, 2.45) is 0 Å². The second-order valence-electron chi connectivity index (χ2n) is 6.92. The van der Waals surface area contributed by atoms with Crippen LogP contribution in [0.1, 0.15) is 28.8 Å². The molecule has 132 valence electrons. The van der Waals surface area contributed by atoms with Crippen LogP contribution in [-0.4, -0.2) is 43.6 Å². The molecule has 1 aliphatic rings. The average molecular weight is 338 g/mol. The first kappa shape index (κ1) is 17.5. The predicted octanol–water partition coefficient (Wildman–Crippen LogP) is 3.13. The number of fused-ring (bicyclic) bond motifs is 1. The van der Waals surface area contributed by atoms with E-state index in [9.17, 15) is 4.79 Å². The lowest BCUT2D eigenvalue weighted by atomic mass is 10.0. The van der Waals surface area contributed by atoms with Crippen molar-refractivity contribution in [2.75, 3.05) is 20.6 Å². The van der Waals surface area contributed by atoms with Gasteiger partial charge in [-0.1, -0.05) is 36.4 Å². The lowest BCUT2D eigenvalue weighted by Gasteiger charge is -2.23. The molecular formula is C21H26N2O2. The Morgan fingerprint density at radius 1 is 1.16 bits per heavy atom. The van der Waals surface area contributed by atoms with E-state index in [0.29, 0.717) is 5.56 Å². The van der Waals surface area contributed by atoms with Gasteiger partial charge in [0.2, 0.25) is 0 Å². The van der Waals surface area contributed by atoms with Crippen LogP contribution in [-0.2, 0) is 6.42 Å². The van der Waals surface area contributed by atoms with E-state index in [1.807, 2.05) is 48.5 Å². The molecule has 25 heavy (non-hydrogen) atoms. The molecule has 1 aliphatic heterocycles. The van der Waals surface area contributed by atoms with Gasteiger partial charge in [0.25, 0.3) is 5.91 Å². The van der Waals surface area contributed by atoms with Gasteiger partial charge in [0.1, 0.15) is 11.9 Å². The van der Waals surface area contributed by atoms with Crippen LogP contribution < -0.4 is 10.1 Å². The second kappa shape index (κ2) is 8.17. The number of amides is 1. The molecule has 3 rings (SSSR count). The topological polar surface area (TPSA) is 41.6 Å². The number of carbonyl (C=O) groups is 1. The normalized spacial score (nSPS) is 17.0. The number of carbonyl (C=O) groups excluding carboxylic acids is 1. The monoisotopic (exact) mass is 338 g/mol. The maximum absolute atomic E-state index is 12.5. The molecule has 1 N–H and O–H groups in total. The Bertz CT molecular complexity index is 675. The van der Waals surface area contributed by atoms with Crippen molar-refractivity contribution in [2.45, 2.75) is 31.4 Å². The summed E-state index contributed by atoms with van der Waals surface area (Å²) >= 11 is 0. The number of rotatable bonds is 7. The van der Waals surface area contributed by atoms with Crippen molar-refractivity contribution in [3.8, 4) is 5.75 Å². The molecule has 0 spiro atoms. The van der Waals surface area contributed by atoms with Crippen LogP contribution in [0.15, 0.2) is 54.6 Å². The zero-order valence-corrected chi connectivity index (χ0v) is 14.9. The van der Waals surface area contributed by atoms with Crippen LogP contribution in [0.4, 0.5) is 0 Å². The van der Waals surface area contributed by atoms with Crippen molar-refractivity contribution in [3.05, 3.63) is 65.7 Å². The number of benzene rings is 2. The molecule has 0 aliphatic carbocycles. The van der Waals surface area contributed by atoms with Gasteiger partial charge in [-0.25, -0.2) is 0 Å². The summed E-state index contributed by atoms with van der Waals surface area (Å²) in [5.74, 6) is 0.966. The summed E-state index contributed by atoms with van der Waals surface area (Å²) < 4.78 is 6.07. The first-order valence-electron chi connectivity index (χ1n) is 8.87. The average Bonchev–Trinajstić information content (AvgIpc) is 3.02. The molecular weight excluding hydrogens is 312 g/mol. The minimum atomic E-state index is -0.0140. The van der Waals surface area contributed by atoms with Gasteiger partial charge in [-0.05, 0) is 50.8 Å². The summed E-state index contributed by atoms with van der Waals surface area (Å²) in [6.45, 7) is 0.930. The molecule has 2 unspecified atom stereocenters. The third kappa shape index (κ3) is 4.83. The fraction of sp³-hybridized carbons (Fsp3) is 0.381. The van der Waals surface area contributed by atoms with Crippen molar-refractivity contribution >= 4 is 5.91 Å². The van der Waals surface area contributed by atoms with E-state index in [1.54, 1.807) is 0 Å². The quantitative estimate of drug-likeness (QED) is 0.843. The zero-order chi connectivity index (χ0) is 17.6. The van der Waals surface area contributed by atoms with Crippen LogP contribution >= 0.6 is 0 Å². The number of hydrogen-bond acceptors (Lipinski definition) is 3. The van der Waals surface area contributed by atoms with Gasteiger partial charge in [0.05, 0.1) is 0 Å². The van der Waals surface area contributed by atoms with Crippen LogP contribution in [0.25, 0.3) is 0 Å². The van der Waals surface area contributed by atoms with Gasteiger partial charge >= 0.3 is 0 Å². The molecule has 2 aromatic rings.